The second-order valence-electron chi connectivity index (χ2n) is 9.74. The normalized spacial score (nSPS) is 45.1. The number of rotatable bonds is 5. The SMILES string of the molecule is CC(C)CC1(CO)CN(CC23CC4CC(CC(C4)C2)C3)C(=O)N1. The smallest absolute Gasteiger partial charge is 0.318 e. The summed E-state index contributed by atoms with van der Waals surface area (Å²) in [5, 5.41) is 13.0. The van der Waals surface area contributed by atoms with E-state index in [1.54, 1.807) is 0 Å². The Hall–Kier alpha value is -0.770. The van der Waals surface area contributed by atoms with E-state index >= 15 is 0 Å². The van der Waals surface area contributed by atoms with Gasteiger partial charge >= 0.3 is 6.03 Å². The van der Waals surface area contributed by atoms with Gasteiger partial charge in [0, 0.05) is 13.1 Å². The summed E-state index contributed by atoms with van der Waals surface area (Å²) in [6, 6.07) is 0.0513. The highest BCUT2D eigenvalue weighted by molar-refractivity contribution is 5.78. The maximum Gasteiger partial charge on any atom is 0.318 e. The van der Waals surface area contributed by atoms with Gasteiger partial charge in [0.05, 0.1) is 12.1 Å². The number of aliphatic hydroxyl groups excluding tert-OH is 1. The molecule has 0 spiro atoms. The van der Waals surface area contributed by atoms with E-state index in [4.69, 9.17) is 0 Å². The first kappa shape index (κ1) is 15.7. The van der Waals surface area contributed by atoms with Gasteiger partial charge in [-0.25, -0.2) is 4.79 Å². The van der Waals surface area contributed by atoms with Crippen molar-refractivity contribution in [3.05, 3.63) is 0 Å². The molecule has 2 amide bonds. The monoisotopic (exact) mass is 320 g/mol. The van der Waals surface area contributed by atoms with E-state index in [1.807, 2.05) is 4.90 Å². The van der Waals surface area contributed by atoms with E-state index in [1.165, 1.54) is 38.5 Å². The van der Waals surface area contributed by atoms with Crippen molar-refractivity contribution in [2.24, 2.45) is 29.1 Å². The lowest BCUT2D eigenvalue weighted by Gasteiger charge is -2.57. The van der Waals surface area contributed by atoms with Crippen molar-refractivity contribution in [1.82, 2.24) is 10.2 Å². The zero-order valence-corrected chi connectivity index (χ0v) is 14.7. The van der Waals surface area contributed by atoms with Crippen molar-refractivity contribution in [3.8, 4) is 0 Å². The first-order valence-corrected chi connectivity index (χ1v) is 9.59. The zero-order chi connectivity index (χ0) is 16.2. The molecule has 4 bridgehead atoms. The van der Waals surface area contributed by atoms with Crippen LogP contribution in [0.3, 0.4) is 0 Å². The highest BCUT2D eigenvalue weighted by Gasteiger charge is 2.53. The van der Waals surface area contributed by atoms with Crippen molar-refractivity contribution < 1.29 is 9.90 Å². The number of hydrogen-bond acceptors (Lipinski definition) is 2. The van der Waals surface area contributed by atoms with Crippen LogP contribution in [-0.2, 0) is 0 Å². The van der Waals surface area contributed by atoms with Crippen LogP contribution in [0.15, 0.2) is 0 Å². The Kier molecular flexibility index (Phi) is 3.67. The Morgan fingerprint density at radius 1 is 1.17 bits per heavy atom. The van der Waals surface area contributed by atoms with Gasteiger partial charge in [-0.1, -0.05) is 13.8 Å². The van der Waals surface area contributed by atoms with Crippen LogP contribution in [0.2, 0.25) is 0 Å². The summed E-state index contributed by atoms with van der Waals surface area (Å²) in [5.74, 6) is 3.24. The lowest BCUT2D eigenvalue weighted by molar-refractivity contribution is -0.0632. The minimum absolute atomic E-state index is 0.0499. The summed E-state index contributed by atoms with van der Waals surface area (Å²) < 4.78 is 0. The molecular formula is C19H32N2O2. The molecule has 0 aromatic carbocycles. The summed E-state index contributed by atoms with van der Waals surface area (Å²) >= 11 is 0. The molecule has 2 N–H and O–H groups in total. The Labute approximate surface area is 140 Å². The zero-order valence-electron chi connectivity index (χ0n) is 14.7. The molecule has 130 valence electrons. The first-order valence-electron chi connectivity index (χ1n) is 9.59. The molecule has 4 aliphatic carbocycles. The highest BCUT2D eigenvalue weighted by Crippen LogP contribution is 2.60. The molecule has 5 rings (SSSR count). The third kappa shape index (κ3) is 2.77. The number of carbonyl (C=O) groups excluding carboxylic acids is 1. The lowest BCUT2D eigenvalue weighted by atomic mass is 9.49. The van der Waals surface area contributed by atoms with Crippen molar-refractivity contribution >= 4 is 6.03 Å². The molecule has 1 saturated heterocycles. The van der Waals surface area contributed by atoms with Crippen LogP contribution in [0, 0.1) is 29.1 Å². The molecule has 23 heavy (non-hydrogen) atoms. The number of nitrogens with zero attached hydrogens (tertiary/aromatic N) is 1. The lowest BCUT2D eigenvalue weighted by Crippen LogP contribution is -2.52. The minimum atomic E-state index is -0.423. The Morgan fingerprint density at radius 3 is 2.22 bits per heavy atom. The number of amides is 2. The van der Waals surface area contributed by atoms with Crippen molar-refractivity contribution in [1.29, 1.82) is 0 Å². The maximum absolute atomic E-state index is 12.6. The van der Waals surface area contributed by atoms with E-state index in [9.17, 15) is 9.90 Å². The molecule has 1 aliphatic heterocycles. The fraction of sp³-hybridized carbons (Fsp3) is 0.947. The summed E-state index contributed by atoms with van der Waals surface area (Å²) in [7, 11) is 0. The summed E-state index contributed by atoms with van der Waals surface area (Å²) in [6.07, 6.45) is 9.18. The van der Waals surface area contributed by atoms with Gasteiger partial charge in [-0.15, -0.1) is 0 Å². The predicted octanol–water partition coefficient (Wildman–Crippen LogP) is 3.01. The first-order chi connectivity index (χ1) is 10.9. The van der Waals surface area contributed by atoms with E-state index in [0.717, 1.165) is 30.7 Å². The van der Waals surface area contributed by atoms with Crippen LogP contribution in [0.4, 0.5) is 4.79 Å². The van der Waals surface area contributed by atoms with E-state index in [0.29, 0.717) is 17.9 Å². The summed E-state index contributed by atoms with van der Waals surface area (Å²) in [6.45, 7) is 5.97. The average Bonchev–Trinajstić information content (AvgIpc) is 2.72. The molecule has 0 radical (unpaired) electrons. The van der Waals surface area contributed by atoms with Gasteiger partial charge in [-0.3, -0.25) is 0 Å². The van der Waals surface area contributed by atoms with Crippen LogP contribution in [0.1, 0.15) is 58.8 Å². The number of hydrogen-bond donors (Lipinski definition) is 2. The van der Waals surface area contributed by atoms with Gasteiger partial charge < -0.3 is 15.3 Å². The minimum Gasteiger partial charge on any atom is -0.394 e. The summed E-state index contributed by atoms with van der Waals surface area (Å²) in [5.41, 5.74) is -0.0387. The van der Waals surface area contributed by atoms with E-state index < -0.39 is 5.54 Å². The second kappa shape index (κ2) is 5.37. The van der Waals surface area contributed by atoms with Crippen LogP contribution in [0.25, 0.3) is 0 Å². The predicted molar refractivity (Wildman–Crippen MR) is 90.0 cm³/mol. The topological polar surface area (TPSA) is 52.6 Å². The fourth-order valence-corrected chi connectivity index (χ4v) is 6.85. The Morgan fingerprint density at radius 2 is 1.74 bits per heavy atom. The van der Waals surface area contributed by atoms with Crippen LogP contribution in [0.5, 0.6) is 0 Å². The van der Waals surface area contributed by atoms with Gasteiger partial charge in [0.15, 0.2) is 0 Å². The van der Waals surface area contributed by atoms with Gasteiger partial charge in [0.2, 0.25) is 0 Å². The van der Waals surface area contributed by atoms with Gasteiger partial charge in [-0.2, -0.15) is 0 Å². The molecule has 1 unspecified atom stereocenters. The number of aliphatic hydroxyl groups is 1. The van der Waals surface area contributed by atoms with Crippen molar-refractivity contribution in [2.45, 2.75) is 64.3 Å². The Balaban J connectivity index is 1.48. The van der Waals surface area contributed by atoms with Crippen LogP contribution >= 0.6 is 0 Å². The second-order valence-corrected chi connectivity index (χ2v) is 9.74. The third-order valence-corrected chi connectivity index (χ3v) is 6.95. The molecule has 1 atom stereocenters. The highest BCUT2D eigenvalue weighted by atomic mass is 16.3. The molecule has 4 heteroatoms. The molecule has 1 heterocycles. The maximum atomic E-state index is 12.6. The molecule has 5 fully saturated rings. The third-order valence-electron chi connectivity index (χ3n) is 6.95. The van der Waals surface area contributed by atoms with Gasteiger partial charge in [-0.05, 0) is 74.0 Å². The molecular weight excluding hydrogens is 288 g/mol. The van der Waals surface area contributed by atoms with Crippen LogP contribution in [-0.4, -0.2) is 41.3 Å². The van der Waals surface area contributed by atoms with Gasteiger partial charge in [0.1, 0.15) is 0 Å². The quantitative estimate of drug-likeness (QED) is 0.818. The Bertz CT molecular complexity index is 454. The van der Waals surface area contributed by atoms with Gasteiger partial charge in [0.25, 0.3) is 0 Å². The molecule has 4 nitrogen and oxygen atoms in total. The van der Waals surface area contributed by atoms with Crippen molar-refractivity contribution in [2.75, 3.05) is 19.7 Å². The van der Waals surface area contributed by atoms with E-state index in [-0.39, 0.29) is 12.6 Å². The molecule has 4 saturated carbocycles. The molecule has 0 aromatic heterocycles. The molecule has 0 aromatic rings. The largest absolute Gasteiger partial charge is 0.394 e. The van der Waals surface area contributed by atoms with Crippen molar-refractivity contribution in [3.63, 3.8) is 0 Å². The van der Waals surface area contributed by atoms with Crippen LogP contribution < -0.4 is 5.32 Å². The van der Waals surface area contributed by atoms with E-state index in [2.05, 4.69) is 19.2 Å². The number of carbonyl (C=O) groups is 1. The average molecular weight is 320 g/mol. The summed E-state index contributed by atoms with van der Waals surface area (Å²) in [4.78, 5) is 14.6. The fourth-order valence-electron chi connectivity index (χ4n) is 6.85. The standard InChI is InChI=1S/C19H32N2O2/c1-13(2)6-19(12-22)11-21(17(23)20-19)10-18-7-14-3-15(8-18)5-16(4-14)9-18/h13-16,22H,3-12H2,1-2H3,(H,20,23). The molecule has 5 aliphatic rings. The number of urea groups is 1. The number of nitrogens with one attached hydrogen (secondary N) is 1.